The molecule has 8 aromatic rings. The monoisotopic (exact) mass is 633 g/mol. The second-order valence-corrected chi connectivity index (χ2v) is 14.1. The Bertz CT molecular complexity index is 2560. The van der Waals surface area contributed by atoms with Crippen LogP contribution in [0.4, 0.5) is 0 Å². The van der Waals surface area contributed by atoms with Crippen LogP contribution < -0.4 is 0 Å². The molecule has 0 saturated heterocycles. The Morgan fingerprint density at radius 2 is 0.980 bits per heavy atom. The average molecular weight is 634 g/mol. The van der Waals surface area contributed by atoms with Crippen molar-refractivity contribution in [2.24, 2.45) is 0 Å². The van der Waals surface area contributed by atoms with Crippen molar-refractivity contribution in [2.75, 3.05) is 0 Å². The van der Waals surface area contributed by atoms with E-state index in [1.807, 2.05) is 36.4 Å². The minimum absolute atomic E-state index is 0.0828. The van der Waals surface area contributed by atoms with Gasteiger partial charge in [-0.1, -0.05) is 143 Å². The van der Waals surface area contributed by atoms with Crippen LogP contribution in [0.3, 0.4) is 0 Å². The molecule has 0 spiro atoms. The molecule has 4 nitrogen and oxygen atoms in total. The van der Waals surface area contributed by atoms with E-state index in [1.54, 1.807) is 0 Å². The molecule has 4 heteroatoms. The van der Waals surface area contributed by atoms with Crippen molar-refractivity contribution in [1.29, 1.82) is 0 Å². The van der Waals surface area contributed by atoms with Crippen molar-refractivity contribution in [1.82, 2.24) is 15.0 Å². The molecule has 0 N–H and O–H groups in total. The van der Waals surface area contributed by atoms with E-state index >= 15 is 0 Å². The van der Waals surface area contributed by atoms with Crippen LogP contribution in [0.25, 0.3) is 78.4 Å². The van der Waals surface area contributed by atoms with Crippen LogP contribution in [0, 0.1) is 0 Å². The number of fused-ring (bicyclic) bond motifs is 6. The molecule has 2 heterocycles. The van der Waals surface area contributed by atoms with Crippen molar-refractivity contribution in [2.45, 2.75) is 38.5 Å². The van der Waals surface area contributed by atoms with Crippen molar-refractivity contribution in [3.8, 4) is 56.4 Å². The van der Waals surface area contributed by atoms with Gasteiger partial charge in [-0.05, 0) is 68.5 Å². The predicted molar refractivity (Wildman–Crippen MR) is 200 cm³/mol. The lowest BCUT2D eigenvalue weighted by Crippen LogP contribution is -2.43. The van der Waals surface area contributed by atoms with E-state index < -0.39 is 0 Å². The third kappa shape index (κ3) is 4.55. The second kappa shape index (κ2) is 10.8. The summed E-state index contributed by atoms with van der Waals surface area (Å²) in [7, 11) is 0. The first-order valence-electron chi connectivity index (χ1n) is 16.9. The smallest absolute Gasteiger partial charge is 0.164 e. The fourth-order valence-electron chi connectivity index (χ4n) is 7.56. The lowest BCUT2D eigenvalue weighted by atomic mass is 9.55. The van der Waals surface area contributed by atoms with Gasteiger partial charge in [0.1, 0.15) is 11.2 Å². The van der Waals surface area contributed by atoms with Crippen molar-refractivity contribution < 1.29 is 4.42 Å². The number of nitrogens with zero attached hydrogens (tertiary/aromatic N) is 3. The summed E-state index contributed by atoms with van der Waals surface area (Å²) in [4.78, 5) is 15.6. The SMILES string of the molecule is CC1(C)c2ccccc2-c2ccc(-c3nc(-c4cccc(-c5ccccc5)c4)nc(-c4cccc5oc6ccccc6c45)n3)cc2C1(C)C. The van der Waals surface area contributed by atoms with E-state index in [0.717, 1.165) is 49.8 Å². The van der Waals surface area contributed by atoms with Crippen molar-refractivity contribution in [3.63, 3.8) is 0 Å². The molecule has 0 atom stereocenters. The Morgan fingerprint density at radius 1 is 0.408 bits per heavy atom. The summed E-state index contributed by atoms with van der Waals surface area (Å²) < 4.78 is 6.27. The molecular weight excluding hydrogens is 599 g/mol. The number of rotatable bonds is 4. The highest BCUT2D eigenvalue weighted by molar-refractivity contribution is 6.11. The Morgan fingerprint density at radius 3 is 1.82 bits per heavy atom. The van der Waals surface area contributed by atoms with Gasteiger partial charge in [0.2, 0.25) is 0 Å². The minimum atomic E-state index is -0.142. The van der Waals surface area contributed by atoms with E-state index in [-0.39, 0.29) is 10.8 Å². The van der Waals surface area contributed by atoms with E-state index in [1.165, 1.54) is 22.3 Å². The highest BCUT2D eigenvalue weighted by Crippen LogP contribution is 2.54. The van der Waals surface area contributed by atoms with Crippen LogP contribution in [-0.4, -0.2) is 15.0 Å². The summed E-state index contributed by atoms with van der Waals surface area (Å²) in [5.41, 5.74) is 11.7. The number of para-hydroxylation sites is 1. The van der Waals surface area contributed by atoms with Gasteiger partial charge in [-0.25, -0.2) is 15.0 Å². The van der Waals surface area contributed by atoms with Crippen molar-refractivity contribution >= 4 is 21.9 Å². The van der Waals surface area contributed by atoms with E-state index in [9.17, 15) is 0 Å². The first-order chi connectivity index (χ1) is 23.8. The summed E-state index contributed by atoms with van der Waals surface area (Å²) in [5.74, 6) is 1.89. The van der Waals surface area contributed by atoms with Crippen LogP contribution in [0.2, 0.25) is 0 Å². The molecule has 0 aliphatic heterocycles. The van der Waals surface area contributed by atoms with Gasteiger partial charge in [0, 0.05) is 27.5 Å². The Hall–Kier alpha value is -5.87. The first-order valence-corrected chi connectivity index (χ1v) is 16.9. The topological polar surface area (TPSA) is 51.8 Å². The third-order valence-corrected chi connectivity index (χ3v) is 10.9. The third-order valence-electron chi connectivity index (χ3n) is 10.9. The lowest BCUT2D eigenvalue weighted by Gasteiger charge is -2.48. The van der Waals surface area contributed by atoms with Crippen molar-refractivity contribution in [3.05, 3.63) is 151 Å². The largest absolute Gasteiger partial charge is 0.456 e. The molecule has 49 heavy (non-hydrogen) atoms. The zero-order valence-corrected chi connectivity index (χ0v) is 28.0. The van der Waals surface area contributed by atoms with Crippen LogP contribution in [0.5, 0.6) is 0 Å². The van der Waals surface area contributed by atoms with E-state index in [4.69, 9.17) is 19.4 Å². The number of furan rings is 1. The van der Waals surface area contributed by atoms with Gasteiger partial charge in [0.05, 0.1) is 0 Å². The van der Waals surface area contributed by atoms with Gasteiger partial charge in [-0.2, -0.15) is 0 Å². The predicted octanol–water partition coefficient (Wildman–Crippen LogP) is 11.7. The number of aromatic nitrogens is 3. The maximum atomic E-state index is 6.27. The molecule has 0 saturated carbocycles. The number of benzene rings is 6. The summed E-state index contributed by atoms with van der Waals surface area (Å²) in [6, 6.07) is 48.7. The minimum Gasteiger partial charge on any atom is -0.456 e. The Balaban J connectivity index is 1.28. The molecule has 0 unspecified atom stereocenters. The molecule has 1 aliphatic rings. The molecule has 0 amide bonds. The fraction of sp³-hybridized carbons (Fsp3) is 0.133. The van der Waals surface area contributed by atoms with Gasteiger partial charge >= 0.3 is 0 Å². The summed E-state index contributed by atoms with van der Waals surface area (Å²) in [6.07, 6.45) is 0. The van der Waals surface area contributed by atoms with E-state index in [0.29, 0.717) is 17.5 Å². The molecule has 0 bridgehead atoms. The molecule has 0 radical (unpaired) electrons. The van der Waals surface area contributed by atoms with Gasteiger partial charge in [0.25, 0.3) is 0 Å². The Kier molecular flexibility index (Phi) is 6.47. The Labute approximate surface area is 286 Å². The second-order valence-electron chi connectivity index (χ2n) is 14.1. The molecule has 6 aromatic carbocycles. The van der Waals surface area contributed by atoms with Gasteiger partial charge in [-0.3, -0.25) is 0 Å². The molecule has 236 valence electrons. The molecule has 1 aliphatic carbocycles. The maximum absolute atomic E-state index is 6.27. The highest BCUT2D eigenvalue weighted by atomic mass is 16.3. The quantitative estimate of drug-likeness (QED) is 0.193. The van der Waals surface area contributed by atoms with Gasteiger partial charge in [-0.15, -0.1) is 0 Å². The van der Waals surface area contributed by atoms with Gasteiger partial charge < -0.3 is 4.42 Å². The zero-order valence-electron chi connectivity index (χ0n) is 28.0. The standard InChI is InChI=1S/C45H35N3O/c1-44(2)36-21-10-8-18-32(36)33-25-24-31(27-37(33)45(44,3)4)42-46-41(30-17-12-16-29(26-30)28-14-6-5-7-15-28)47-43(48-42)35-20-13-23-39-40(35)34-19-9-11-22-38(34)49-39/h5-27H,1-4H3. The van der Waals surface area contributed by atoms with Crippen LogP contribution >= 0.6 is 0 Å². The zero-order chi connectivity index (χ0) is 33.3. The fourth-order valence-corrected chi connectivity index (χ4v) is 7.56. The number of hydrogen-bond acceptors (Lipinski definition) is 4. The van der Waals surface area contributed by atoms with Crippen LogP contribution in [0.15, 0.2) is 144 Å². The normalized spacial score (nSPS) is 14.4. The maximum Gasteiger partial charge on any atom is 0.164 e. The highest BCUT2D eigenvalue weighted by Gasteiger charge is 2.45. The first kappa shape index (κ1) is 29.3. The summed E-state index contributed by atoms with van der Waals surface area (Å²) in [5, 5.41) is 2.04. The molecular formula is C45H35N3O. The molecule has 2 aromatic heterocycles. The van der Waals surface area contributed by atoms with E-state index in [2.05, 4.69) is 131 Å². The average Bonchev–Trinajstić information content (AvgIpc) is 3.53. The lowest BCUT2D eigenvalue weighted by molar-refractivity contribution is 0.299. The number of hydrogen-bond donors (Lipinski definition) is 0. The summed E-state index contributed by atoms with van der Waals surface area (Å²) in [6.45, 7) is 9.43. The van der Waals surface area contributed by atoms with Crippen LogP contribution in [0.1, 0.15) is 38.8 Å². The molecule has 9 rings (SSSR count). The van der Waals surface area contributed by atoms with Gasteiger partial charge in [0.15, 0.2) is 17.5 Å². The van der Waals surface area contributed by atoms with Crippen LogP contribution in [-0.2, 0) is 10.8 Å². The molecule has 0 fully saturated rings. The summed E-state index contributed by atoms with van der Waals surface area (Å²) >= 11 is 0.